The van der Waals surface area contributed by atoms with Gasteiger partial charge in [0.05, 0.1) is 4.92 Å². The van der Waals surface area contributed by atoms with E-state index in [-0.39, 0.29) is 5.46 Å². The highest BCUT2D eigenvalue weighted by Gasteiger charge is 2.23. The van der Waals surface area contributed by atoms with Gasteiger partial charge in [-0.25, -0.2) is 8.42 Å². The zero-order valence-electron chi connectivity index (χ0n) is 7.30. The Hall–Kier alpha value is -1.37. The molecule has 0 saturated carbocycles. The van der Waals surface area contributed by atoms with Gasteiger partial charge in [0, 0.05) is 12.3 Å². The van der Waals surface area contributed by atoms with Gasteiger partial charge in [0.15, 0.2) is 9.84 Å². The van der Waals surface area contributed by atoms with Crippen molar-refractivity contribution in [2.75, 3.05) is 6.26 Å². The highest BCUT2D eigenvalue weighted by molar-refractivity contribution is 7.91. The summed E-state index contributed by atoms with van der Waals surface area (Å²) in [5.74, 6) is 0. The van der Waals surface area contributed by atoms with E-state index in [1.807, 2.05) is 0 Å². The van der Waals surface area contributed by atoms with Crippen molar-refractivity contribution in [3.8, 4) is 0 Å². The Morgan fingerprint density at radius 3 is 2.36 bits per heavy atom. The first kappa shape index (κ1) is 10.7. The van der Waals surface area contributed by atoms with Gasteiger partial charge < -0.3 is 0 Å². The summed E-state index contributed by atoms with van der Waals surface area (Å²) in [4.78, 5) is 9.31. The standard InChI is InChI=1S/C7H6BNO4S/c1-14(12,13)7-5(8)3-2-4-6(7)9(10)11/h2-4H,1H3. The molecule has 5 nitrogen and oxygen atoms in total. The van der Waals surface area contributed by atoms with E-state index in [0.29, 0.717) is 0 Å². The van der Waals surface area contributed by atoms with Crippen LogP contribution in [-0.2, 0) is 9.84 Å². The van der Waals surface area contributed by atoms with Gasteiger partial charge >= 0.3 is 0 Å². The van der Waals surface area contributed by atoms with Crippen LogP contribution < -0.4 is 5.46 Å². The van der Waals surface area contributed by atoms with Crippen LogP contribution in [0.5, 0.6) is 0 Å². The molecule has 0 aliphatic carbocycles. The van der Waals surface area contributed by atoms with E-state index in [4.69, 9.17) is 7.85 Å². The molecule has 0 spiro atoms. The Morgan fingerprint density at radius 1 is 1.43 bits per heavy atom. The monoisotopic (exact) mass is 211 g/mol. The Bertz CT molecular complexity index is 482. The van der Waals surface area contributed by atoms with Crippen LogP contribution in [0.1, 0.15) is 0 Å². The van der Waals surface area contributed by atoms with E-state index in [2.05, 4.69) is 0 Å². The number of hydrogen-bond donors (Lipinski definition) is 0. The van der Waals surface area contributed by atoms with Gasteiger partial charge in [-0.3, -0.25) is 10.1 Å². The van der Waals surface area contributed by atoms with Crippen LogP contribution in [0.15, 0.2) is 23.1 Å². The van der Waals surface area contributed by atoms with E-state index in [9.17, 15) is 18.5 Å². The summed E-state index contributed by atoms with van der Waals surface area (Å²) in [6.07, 6.45) is 0.881. The molecule has 0 heterocycles. The lowest BCUT2D eigenvalue weighted by molar-refractivity contribution is -0.387. The maximum atomic E-state index is 11.2. The van der Waals surface area contributed by atoms with Crippen LogP contribution in [0.3, 0.4) is 0 Å². The summed E-state index contributed by atoms with van der Waals surface area (Å²) >= 11 is 0. The third kappa shape index (κ3) is 1.93. The predicted molar refractivity (Wildman–Crippen MR) is 51.6 cm³/mol. The molecule has 0 atom stereocenters. The van der Waals surface area contributed by atoms with Crippen LogP contribution >= 0.6 is 0 Å². The summed E-state index contributed by atoms with van der Waals surface area (Å²) in [7, 11) is 1.69. The topological polar surface area (TPSA) is 77.3 Å². The van der Waals surface area contributed by atoms with E-state index in [0.717, 1.165) is 12.3 Å². The van der Waals surface area contributed by atoms with Crippen LogP contribution in [-0.4, -0.2) is 27.4 Å². The minimum atomic E-state index is -3.68. The maximum absolute atomic E-state index is 11.2. The van der Waals surface area contributed by atoms with Crippen LogP contribution in [0.2, 0.25) is 0 Å². The smallest absolute Gasteiger partial charge is 0.258 e. The third-order valence-electron chi connectivity index (χ3n) is 1.59. The number of rotatable bonds is 2. The Morgan fingerprint density at radius 2 is 2.00 bits per heavy atom. The fourth-order valence-electron chi connectivity index (χ4n) is 1.09. The van der Waals surface area contributed by atoms with Crippen LogP contribution in [0.4, 0.5) is 5.69 Å². The maximum Gasteiger partial charge on any atom is 0.287 e. The molecule has 72 valence electrons. The molecule has 0 saturated heterocycles. The first-order valence-corrected chi connectivity index (χ1v) is 5.46. The number of nitrogens with zero attached hydrogens (tertiary/aromatic N) is 1. The van der Waals surface area contributed by atoms with Crippen molar-refractivity contribution in [2.24, 2.45) is 0 Å². The Labute approximate surface area is 82.2 Å². The van der Waals surface area contributed by atoms with Crippen molar-refractivity contribution in [2.45, 2.75) is 4.90 Å². The van der Waals surface area contributed by atoms with Crippen molar-refractivity contribution in [1.82, 2.24) is 0 Å². The second-order valence-corrected chi connectivity index (χ2v) is 4.68. The molecule has 0 amide bonds. The molecule has 1 rings (SSSR count). The minimum Gasteiger partial charge on any atom is -0.258 e. The first-order chi connectivity index (χ1) is 6.34. The van der Waals surface area contributed by atoms with E-state index in [1.165, 1.54) is 12.1 Å². The summed E-state index contributed by atoms with van der Waals surface area (Å²) in [6, 6.07) is 3.75. The summed E-state index contributed by atoms with van der Waals surface area (Å²) in [5, 5.41) is 10.5. The van der Waals surface area contributed by atoms with Gasteiger partial charge in [-0.05, 0) is 0 Å². The number of hydrogen-bond acceptors (Lipinski definition) is 4. The van der Waals surface area contributed by atoms with Crippen molar-refractivity contribution in [1.29, 1.82) is 0 Å². The van der Waals surface area contributed by atoms with Crippen molar-refractivity contribution in [3.05, 3.63) is 28.3 Å². The molecule has 14 heavy (non-hydrogen) atoms. The predicted octanol–water partition coefficient (Wildman–Crippen LogP) is -0.208. The highest BCUT2D eigenvalue weighted by atomic mass is 32.2. The third-order valence-corrected chi connectivity index (χ3v) is 2.78. The molecular formula is C7H6BNO4S. The van der Waals surface area contributed by atoms with Crippen LogP contribution in [0.25, 0.3) is 0 Å². The molecule has 1 aromatic carbocycles. The Balaban J connectivity index is 3.62. The van der Waals surface area contributed by atoms with Crippen molar-refractivity contribution < 1.29 is 13.3 Å². The first-order valence-electron chi connectivity index (χ1n) is 3.57. The normalized spacial score (nSPS) is 11.2. The molecule has 0 bridgehead atoms. The zero-order valence-corrected chi connectivity index (χ0v) is 8.11. The zero-order chi connectivity index (χ0) is 10.9. The largest absolute Gasteiger partial charge is 0.287 e. The van der Waals surface area contributed by atoms with Gasteiger partial charge in [-0.1, -0.05) is 17.6 Å². The second-order valence-electron chi connectivity index (χ2n) is 2.72. The summed E-state index contributed by atoms with van der Waals surface area (Å²) in [6.45, 7) is 0. The number of nitro groups is 1. The number of nitro benzene ring substituents is 1. The number of benzene rings is 1. The minimum absolute atomic E-state index is 0.110. The molecule has 0 unspecified atom stereocenters. The molecule has 0 fully saturated rings. The summed E-state index contributed by atoms with van der Waals surface area (Å²) in [5.41, 5.74) is -0.603. The summed E-state index contributed by atoms with van der Waals surface area (Å²) < 4.78 is 22.4. The molecule has 2 radical (unpaired) electrons. The lowest BCUT2D eigenvalue weighted by atomic mass is 9.96. The molecule has 0 aromatic heterocycles. The van der Waals surface area contributed by atoms with Gasteiger partial charge in [0.2, 0.25) is 0 Å². The molecule has 0 aliphatic heterocycles. The SMILES string of the molecule is [B]c1cccc([N+](=O)[O-])c1S(C)(=O)=O. The van der Waals surface area contributed by atoms with E-state index < -0.39 is 25.3 Å². The van der Waals surface area contributed by atoms with Gasteiger partial charge in [0.1, 0.15) is 12.7 Å². The lowest BCUT2D eigenvalue weighted by Crippen LogP contribution is -2.16. The van der Waals surface area contributed by atoms with E-state index >= 15 is 0 Å². The molecule has 7 heteroatoms. The van der Waals surface area contributed by atoms with E-state index in [1.54, 1.807) is 0 Å². The quantitative estimate of drug-likeness (QED) is 0.385. The average Bonchev–Trinajstić information content (AvgIpc) is 2.01. The molecular weight excluding hydrogens is 205 g/mol. The van der Waals surface area contributed by atoms with Gasteiger partial charge in [-0.2, -0.15) is 0 Å². The fourth-order valence-corrected chi connectivity index (χ4v) is 2.11. The molecule has 1 aromatic rings. The van der Waals surface area contributed by atoms with Crippen molar-refractivity contribution in [3.63, 3.8) is 0 Å². The average molecular weight is 211 g/mol. The van der Waals surface area contributed by atoms with Gasteiger partial charge in [0.25, 0.3) is 5.69 Å². The highest BCUT2D eigenvalue weighted by Crippen LogP contribution is 2.20. The molecule has 0 aliphatic rings. The molecule has 0 N–H and O–H groups in total. The second kappa shape index (κ2) is 3.41. The van der Waals surface area contributed by atoms with Crippen LogP contribution in [0, 0.1) is 10.1 Å². The van der Waals surface area contributed by atoms with Crippen molar-refractivity contribution >= 4 is 28.8 Å². The Kier molecular flexibility index (Phi) is 2.61. The fraction of sp³-hybridized carbons (Fsp3) is 0.143. The number of sulfone groups is 1. The lowest BCUT2D eigenvalue weighted by Gasteiger charge is -2.03. The van der Waals surface area contributed by atoms with Gasteiger partial charge in [-0.15, -0.1) is 0 Å².